The largest absolute Gasteiger partial charge is 0.486 e. The quantitative estimate of drug-likeness (QED) is 0.321. The van der Waals surface area contributed by atoms with Gasteiger partial charge in [-0.25, -0.2) is 0 Å². The fourth-order valence-corrected chi connectivity index (χ4v) is 4.81. The lowest BCUT2D eigenvalue weighted by molar-refractivity contribution is -0.136. The van der Waals surface area contributed by atoms with Gasteiger partial charge in [0.25, 0.3) is 0 Å². The molecule has 5 heteroatoms. The number of carbonyl (C=O) groups is 2. The molecule has 0 unspecified atom stereocenters. The normalized spacial score (nSPS) is 11.9. The Bertz CT molecular complexity index is 1260. The SMILES string of the molecule is CCC(CC)(c1ccc(OCC(=O)C(C)(C)C)c(C)c1)c1ccc(-c2ccc(CC(=O)O)cn2)c(C)c1. The van der Waals surface area contributed by atoms with Crippen LogP contribution in [0.2, 0.25) is 0 Å². The number of aryl methyl sites for hydroxylation is 2. The summed E-state index contributed by atoms with van der Waals surface area (Å²) in [6, 6.07) is 16.6. The number of rotatable bonds is 10. The van der Waals surface area contributed by atoms with Gasteiger partial charge in [0.05, 0.1) is 12.1 Å². The van der Waals surface area contributed by atoms with E-state index in [9.17, 15) is 9.59 Å². The van der Waals surface area contributed by atoms with Crippen molar-refractivity contribution in [3.8, 4) is 17.0 Å². The van der Waals surface area contributed by atoms with Crippen molar-refractivity contribution in [3.63, 3.8) is 0 Å². The first-order valence-corrected chi connectivity index (χ1v) is 13.0. The summed E-state index contributed by atoms with van der Waals surface area (Å²) in [5.41, 5.74) is 6.59. The second kappa shape index (κ2) is 11.3. The first kappa shape index (κ1) is 28.1. The fraction of sp³-hybridized carbons (Fsp3) is 0.406. The molecular weight excluding hydrogens is 462 g/mol. The van der Waals surface area contributed by atoms with E-state index in [1.54, 1.807) is 6.20 Å². The van der Waals surface area contributed by atoms with Crippen molar-refractivity contribution in [1.29, 1.82) is 0 Å². The average Bonchev–Trinajstić information content (AvgIpc) is 2.84. The number of pyridine rings is 1. The van der Waals surface area contributed by atoms with Crippen molar-refractivity contribution < 1.29 is 19.4 Å². The number of nitrogens with zero attached hydrogens (tertiary/aromatic N) is 1. The van der Waals surface area contributed by atoms with E-state index in [4.69, 9.17) is 9.84 Å². The molecule has 0 radical (unpaired) electrons. The smallest absolute Gasteiger partial charge is 0.307 e. The van der Waals surface area contributed by atoms with Crippen LogP contribution in [0.4, 0.5) is 0 Å². The molecular formula is C32H39NO4. The summed E-state index contributed by atoms with van der Waals surface area (Å²) in [6.07, 6.45) is 3.48. The van der Waals surface area contributed by atoms with Gasteiger partial charge in [0.1, 0.15) is 12.4 Å². The van der Waals surface area contributed by atoms with Crippen LogP contribution in [0.25, 0.3) is 11.3 Å². The summed E-state index contributed by atoms with van der Waals surface area (Å²) in [5, 5.41) is 9.01. The molecule has 0 bridgehead atoms. The van der Waals surface area contributed by atoms with Crippen molar-refractivity contribution in [1.82, 2.24) is 4.98 Å². The summed E-state index contributed by atoms with van der Waals surface area (Å²) < 4.78 is 5.89. The molecule has 3 rings (SSSR count). The number of aliphatic carboxylic acids is 1. The Morgan fingerprint density at radius 2 is 1.51 bits per heavy atom. The lowest BCUT2D eigenvalue weighted by Gasteiger charge is -2.34. The van der Waals surface area contributed by atoms with E-state index in [1.807, 2.05) is 45.9 Å². The summed E-state index contributed by atoms with van der Waals surface area (Å²) in [4.78, 5) is 27.8. The minimum Gasteiger partial charge on any atom is -0.486 e. The van der Waals surface area contributed by atoms with E-state index in [-0.39, 0.29) is 24.2 Å². The third kappa shape index (κ3) is 6.27. The Hall–Kier alpha value is -3.47. The molecule has 0 amide bonds. The number of benzene rings is 2. The Labute approximate surface area is 220 Å². The van der Waals surface area contributed by atoms with Gasteiger partial charge in [-0.3, -0.25) is 14.6 Å². The van der Waals surface area contributed by atoms with E-state index >= 15 is 0 Å². The predicted octanol–water partition coefficient (Wildman–Crippen LogP) is 7.09. The number of hydrogen-bond donors (Lipinski definition) is 1. The first-order valence-electron chi connectivity index (χ1n) is 13.0. The van der Waals surface area contributed by atoms with Crippen LogP contribution in [0.3, 0.4) is 0 Å². The maximum absolute atomic E-state index is 12.3. The van der Waals surface area contributed by atoms with Crippen molar-refractivity contribution in [2.24, 2.45) is 5.41 Å². The molecule has 1 heterocycles. The van der Waals surface area contributed by atoms with Crippen LogP contribution in [0, 0.1) is 19.3 Å². The molecule has 0 aliphatic rings. The zero-order valence-corrected chi connectivity index (χ0v) is 23.1. The number of Topliss-reactive ketones (excluding diaryl/α,β-unsaturated/α-hetero) is 1. The van der Waals surface area contributed by atoms with Gasteiger partial charge in [-0.05, 0) is 66.6 Å². The molecule has 0 saturated heterocycles. The van der Waals surface area contributed by atoms with E-state index in [0.717, 1.165) is 41.0 Å². The molecule has 0 atom stereocenters. The van der Waals surface area contributed by atoms with Gasteiger partial charge in [-0.15, -0.1) is 0 Å². The third-order valence-corrected chi connectivity index (χ3v) is 7.36. The fourth-order valence-electron chi connectivity index (χ4n) is 4.81. The van der Waals surface area contributed by atoms with Gasteiger partial charge >= 0.3 is 5.97 Å². The van der Waals surface area contributed by atoms with Crippen LogP contribution in [0.5, 0.6) is 5.75 Å². The molecule has 0 saturated carbocycles. The third-order valence-electron chi connectivity index (χ3n) is 7.36. The highest BCUT2D eigenvalue weighted by atomic mass is 16.5. The van der Waals surface area contributed by atoms with Gasteiger partial charge in [-0.1, -0.05) is 71.0 Å². The Morgan fingerprint density at radius 1 is 0.892 bits per heavy atom. The predicted molar refractivity (Wildman–Crippen MR) is 148 cm³/mol. The lowest BCUT2D eigenvalue weighted by Crippen LogP contribution is -2.27. The van der Waals surface area contributed by atoms with E-state index in [0.29, 0.717) is 5.56 Å². The highest BCUT2D eigenvalue weighted by Gasteiger charge is 2.32. The number of ketones is 1. The van der Waals surface area contributed by atoms with Crippen LogP contribution in [0.15, 0.2) is 54.7 Å². The number of aromatic nitrogens is 1. The molecule has 3 aromatic rings. The van der Waals surface area contributed by atoms with Crippen molar-refractivity contribution in [2.45, 2.75) is 73.1 Å². The number of carboxylic acids is 1. The zero-order valence-electron chi connectivity index (χ0n) is 23.1. The molecule has 1 aromatic heterocycles. The highest BCUT2D eigenvalue weighted by molar-refractivity contribution is 5.85. The number of carboxylic acid groups (broad SMARTS) is 1. The standard InChI is InChI=1S/C32H39NO4/c1-8-32(9-2,25-12-15-28(22(4)17-25)37-20-29(34)31(5,6)7)24-11-13-26(21(3)16-24)27-14-10-23(19-33-27)18-30(35)36/h10-17,19H,8-9,18,20H2,1-7H3,(H,35,36). The molecule has 2 aromatic carbocycles. The average molecular weight is 502 g/mol. The maximum atomic E-state index is 12.3. The summed E-state index contributed by atoms with van der Waals surface area (Å²) in [5.74, 6) is -0.0424. The molecule has 5 nitrogen and oxygen atoms in total. The molecule has 1 N–H and O–H groups in total. The lowest BCUT2D eigenvalue weighted by atomic mass is 9.69. The molecule has 0 aliphatic heterocycles. The minimum absolute atomic E-state index is 0.0309. The molecule has 0 aliphatic carbocycles. The van der Waals surface area contributed by atoms with Crippen molar-refractivity contribution in [3.05, 3.63) is 82.5 Å². The molecule has 196 valence electrons. The van der Waals surface area contributed by atoms with Crippen molar-refractivity contribution >= 4 is 11.8 Å². The number of hydrogen-bond acceptors (Lipinski definition) is 4. The van der Waals surface area contributed by atoms with Crippen LogP contribution in [-0.2, 0) is 21.4 Å². The Kier molecular flexibility index (Phi) is 8.57. The zero-order chi connectivity index (χ0) is 27.4. The van der Waals surface area contributed by atoms with E-state index in [2.05, 4.69) is 56.1 Å². The molecule has 0 spiro atoms. The van der Waals surface area contributed by atoms with Gasteiger partial charge < -0.3 is 9.84 Å². The number of ether oxygens (including phenoxy) is 1. The molecule has 0 fully saturated rings. The van der Waals surface area contributed by atoms with Crippen LogP contribution < -0.4 is 4.74 Å². The van der Waals surface area contributed by atoms with Crippen LogP contribution >= 0.6 is 0 Å². The van der Waals surface area contributed by atoms with Crippen LogP contribution in [-0.4, -0.2) is 28.4 Å². The summed E-state index contributed by atoms with van der Waals surface area (Å²) in [6.45, 7) is 14.4. The highest BCUT2D eigenvalue weighted by Crippen LogP contribution is 2.41. The summed E-state index contributed by atoms with van der Waals surface area (Å²) in [7, 11) is 0. The van der Waals surface area contributed by atoms with Crippen LogP contribution in [0.1, 0.15) is 75.3 Å². The van der Waals surface area contributed by atoms with Crippen molar-refractivity contribution in [2.75, 3.05) is 6.61 Å². The monoisotopic (exact) mass is 501 g/mol. The minimum atomic E-state index is -0.862. The Morgan fingerprint density at radius 3 is 2.00 bits per heavy atom. The second-order valence-corrected chi connectivity index (χ2v) is 10.9. The second-order valence-electron chi connectivity index (χ2n) is 10.9. The summed E-state index contributed by atoms with van der Waals surface area (Å²) >= 11 is 0. The topological polar surface area (TPSA) is 76.5 Å². The van der Waals surface area contributed by atoms with Gasteiger partial charge in [0.2, 0.25) is 0 Å². The van der Waals surface area contributed by atoms with Gasteiger partial charge in [0.15, 0.2) is 5.78 Å². The van der Waals surface area contributed by atoms with Gasteiger partial charge in [0, 0.05) is 22.6 Å². The van der Waals surface area contributed by atoms with Gasteiger partial charge in [-0.2, -0.15) is 0 Å². The molecule has 37 heavy (non-hydrogen) atoms. The van der Waals surface area contributed by atoms with E-state index in [1.165, 1.54) is 11.1 Å². The first-order chi connectivity index (χ1) is 17.4. The Balaban J connectivity index is 1.91. The number of carbonyl (C=O) groups excluding carboxylic acids is 1. The van der Waals surface area contributed by atoms with E-state index < -0.39 is 11.4 Å². The maximum Gasteiger partial charge on any atom is 0.307 e.